The molecule has 0 radical (unpaired) electrons. The first-order valence-electron chi connectivity index (χ1n) is 7.45. The van der Waals surface area contributed by atoms with Crippen molar-refractivity contribution in [1.82, 2.24) is 14.9 Å². The minimum atomic E-state index is -0.341. The first-order chi connectivity index (χ1) is 11.2. The van der Waals surface area contributed by atoms with E-state index in [0.29, 0.717) is 17.4 Å². The average Bonchev–Trinajstić information content (AvgIpc) is 2.59. The zero-order valence-corrected chi connectivity index (χ0v) is 12.8. The van der Waals surface area contributed by atoms with E-state index in [2.05, 4.69) is 10.3 Å². The highest BCUT2D eigenvalue weighted by Crippen LogP contribution is 2.07. The lowest BCUT2D eigenvalue weighted by molar-refractivity contribution is 0.0939. The summed E-state index contributed by atoms with van der Waals surface area (Å²) >= 11 is 0. The quantitative estimate of drug-likeness (QED) is 0.801. The summed E-state index contributed by atoms with van der Waals surface area (Å²) in [6.45, 7) is 0.492. The van der Waals surface area contributed by atoms with Gasteiger partial charge in [0.15, 0.2) is 0 Å². The highest BCUT2D eigenvalue weighted by atomic mass is 16.2. The number of carbonyl (C=O) groups is 1. The molecule has 0 aliphatic carbocycles. The number of hydrogen-bond donors (Lipinski definition) is 1. The van der Waals surface area contributed by atoms with Crippen LogP contribution in [-0.4, -0.2) is 22.0 Å². The molecule has 0 unspecified atom stereocenters. The van der Waals surface area contributed by atoms with Crippen LogP contribution in [0.15, 0.2) is 59.4 Å². The van der Waals surface area contributed by atoms with Crippen LogP contribution in [0.25, 0.3) is 10.9 Å². The van der Waals surface area contributed by atoms with E-state index < -0.39 is 0 Å². The summed E-state index contributed by atoms with van der Waals surface area (Å²) in [5.41, 5.74) is 1.46. The first kappa shape index (κ1) is 15.0. The summed E-state index contributed by atoms with van der Waals surface area (Å²) in [5.74, 6) is -0.215. The van der Waals surface area contributed by atoms with Crippen LogP contribution in [0.5, 0.6) is 0 Å². The molecule has 1 heterocycles. The third-order valence-electron chi connectivity index (χ3n) is 3.73. The third kappa shape index (κ3) is 3.13. The van der Waals surface area contributed by atoms with E-state index in [9.17, 15) is 9.59 Å². The summed E-state index contributed by atoms with van der Waals surface area (Å²) in [6, 6.07) is 16.9. The molecule has 0 fully saturated rings. The van der Waals surface area contributed by atoms with Crippen molar-refractivity contribution in [2.75, 3.05) is 6.54 Å². The maximum Gasteiger partial charge on any atom is 0.287 e. The summed E-state index contributed by atoms with van der Waals surface area (Å²) in [5, 5.41) is 3.33. The number of nitrogens with zero attached hydrogens (tertiary/aromatic N) is 2. The molecule has 23 heavy (non-hydrogen) atoms. The van der Waals surface area contributed by atoms with Crippen molar-refractivity contribution in [1.29, 1.82) is 0 Å². The summed E-state index contributed by atoms with van der Waals surface area (Å²) < 4.78 is 1.29. The van der Waals surface area contributed by atoms with Crippen molar-refractivity contribution in [2.45, 2.75) is 6.42 Å². The van der Waals surface area contributed by atoms with Gasteiger partial charge in [-0.25, -0.2) is 4.98 Å². The van der Waals surface area contributed by atoms with Crippen molar-refractivity contribution in [3.63, 3.8) is 0 Å². The van der Waals surface area contributed by atoms with E-state index in [1.165, 1.54) is 4.57 Å². The Labute approximate surface area is 133 Å². The van der Waals surface area contributed by atoms with Crippen molar-refractivity contribution >= 4 is 16.8 Å². The van der Waals surface area contributed by atoms with Crippen LogP contribution in [0.2, 0.25) is 0 Å². The highest BCUT2D eigenvalue weighted by molar-refractivity contribution is 5.92. The fraction of sp³-hybridized carbons (Fsp3) is 0.167. The van der Waals surface area contributed by atoms with E-state index in [1.54, 1.807) is 31.3 Å². The molecule has 0 aliphatic heterocycles. The smallest absolute Gasteiger partial charge is 0.287 e. The van der Waals surface area contributed by atoms with Crippen LogP contribution in [-0.2, 0) is 13.5 Å². The van der Waals surface area contributed by atoms with Gasteiger partial charge >= 0.3 is 0 Å². The van der Waals surface area contributed by atoms with E-state index in [0.717, 1.165) is 12.0 Å². The van der Waals surface area contributed by atoms with Gasteiger partial charge < -0.3 is 5.32 Å². The van der Waals surface area contributed by atoms with Crippen molar-refractivity contribution in [3.05, 3.63) is 76.3 Å². The van der Waals surface area contributed by atoms with Gasteiger partial charge in [0, 0.05) is 13.6 Å². The summed E-state index contributed by atoms with van der Waals surface area (Å²) in [6.07, 6.45) is 0.730. The maximum atomic E-state index is 12.3. The van der Waals surface area contributed by atoms with Crippen LogP contribution < -0.4 is 10.9 Å². The molecule has 3 rings (SSSR count). The molecule has 5 nitrogen and oxygen atoms in total. The minimum Gasteiger partial charge on any atom is -0.349 e. The Kier molecular flexibility index (Phi) is 4.19. The Bertz CT molecular complexity index is 901. The van der Waals surface area contributed by atoms with E-state index in [1.807, 2.05) is 30.3 Å². The normalized spacial score (nSPS) is 10.7. The second kappa shape index (κ2) is 6.44. The van der Waals surface area contributed by atoms with E-state index in [-0.39, 0.29) is 17.3 Å². The number of carbonyl (C=O) groups excluding carboxylic acids is 1. The minimum absolute atomic E-state index is 0.127. The van der Waals surface area contributed by atoms with Crippen LogP contribution in [0.1, 0.15) is 16.2 Å². The second-order valence-electron chi connectivity index (χ2n) is 5.31. The lowest BCUT2D eigenvalue weighted by Crippen LogP contribution is -2.33. The molecule has 3 aromatic rings. The van der Waals surface area contributed by atoms with E-state index in [4.69, 9.17) is 0 Å². The number of amides is 1. The number of nitrogens with one attached hydrogen (secondary N) is 1. The first-order valence-corrected chi connectivity index (χ1v) is 7.45. The van der Waals surface area contributed by atoms with Gasteiger partial charge in [-0.1, -0.05) is 42.5 Å². The number of aromatic nitrogens is 2. The molecule has 116 valence electrons. The Balaban J connectivity index is 1.78. The largest absolute Gasteiger partial charge is 0.349 e. The fourth-order valence-corrected chi connectivity index (χ4v) is 2.47. The average molecular weight is 307 g/mol. The Morgan fingerprint density at radius 1 is 1.09 bits per heavy atom. The van der Waals surface area contributed by atoms with Gasteiger partial charge in [0.1, 0.15) is 0 Å². The SMILES string of the molecule is Cn1c(C(=O)NCCc2ccccc2)nc2ccccc2c1=O. The van der Waals surface area contributed by atoms with Crippen molar-refractivity contribution in [2.24, 2.45) is 7.05 Å². The molecular weight excluding hydrogens is 290 g/mol. The number of rotatable bonds is 4. The molecule has 1 aromatic heterocycles. The molecule has 0 saturated carbocycles. The molecule has 1 amide bonds. The van der Waals surface area contributed by atoms with Gasteiger partial charge in [-0.2, -0.15) is 0 Å². The van der Waals surface area contributed by atoms with Gasteiger partial charge in [0.2, 0.25) is 5.82 Å². The third-order valence-corrected chi connectivity index (χ3v) is 3.73. The predicted molar refractivity (Wildman–Crippen MR) is 89.5 cm³/mol. The summed E-state index contributed by atoms with van der Waals surface area (Å²) in [4.78, 5) is 28.9. The van der Waals surface area contributed by atoms with Gasteiger partial charge in [-0.15, -0.1) is 0 Å². The zero-order chi connectivity index (χ0) is 16.2. The Hall–Kier alpha value is -2.95. The van der Waals surface area contributed by atoms with Gasteiger partial charge in [0.25, 0.3) is 11.5 Å². The topological polar surface area (TPSA) is 64.0 Å². The lowest BCUT2D eigenvalue weighted by Gasteiger charge is -2.09. The standard InChI is InChI=1S/C18H17N3O2/c1-21-16(20-15-10-6-5-9-14(15)18(21)23)17(22)19-12-11-13-7-3-2-4-8-13/h2-10H,11-12H2,1H3,(H,19,22). The molecule has 0 spiro atoms. The number of fused-ring (bicyclic) bond motifs is 1. The van der Waals surface area contributed by atoms with Gasteiger partial charge in [-0.05, 0) is 24.1 Å². The van der Waals surface area contributed by atoms with Crippen LogP contribution in [0.4, 0.5) is 0 Å². The van der Waals surface area contributed by atoms with Crippen molar-refractivity contribution in [3.8, 4) is 0 Å². The number of hydrogen-bond acceptors (Lipinski definition) is 3. The molecule has 0 atom stereocenters. The van der Waals surface area contributed by atoms with E-state index >= 15 is 0 Å². The Morgan fingerprint density at radius 2 is 1.78 bits per heavy atom. The van der Waals surface area contributed by atoms with Crippen LogP contribution in [0.3, 0.4) is 0 Å². The highest BCUT2D eigenvalue weighted by Gasteiger charge is 2.14. The molecule has 2 aromatic carbocycles. The molecule has 1 N–H and O–H groups in total. The number of para-hydroxylation sites is 1. The molecule has 5 heteroatoms. The van der Waals surface area contributed by atoms with Crippen LogP contribution >= 0.6 is 0 Å². The zero-order valence-electron chi connectivity index (χ0n) is 12.8. The molecular formula is C18H17N3O2. The lowest BCUT2D eigenvalue weighted by atomic mass is 10.1. The number of benzene rings is 2. The Morgan fingerprint density at radius 3 is 2.57 bits per heavy atom. The second-order valence-corrected chi connectivity index (χ2v) is 5.31. The maximum absolute atomic E-state index is 12.3. The molecule has 0 aliphatic rings. The predicted octanol–water partition coefficient (Wildman–Crippen LogP) is 1.91. The van der Waals surface area contributed by atoms with Crippen LogP contribution in [0, 0.1) is 0 Å². The monoisotopic (exact) mass is 307 g/mol. The summed E-state index contributed by atoms with van der Waals surface area (Å²) in [7, 11) is 1.56. The fourth-order valence-electron chi connectivity index (χ4n) is 2.47. The van der Waals surface area contributed by atoms with Gasteiger partial charge in [0.05, 0.1) is 10.9 Å². The van der Waals surface area contributed by atoms with Gasteiger partial charge in [-0.3, -0.25) is 14.2 Å². The molecule has 0 saturated heterocycles. The molecule has 0 bridgehead atoms. The van der Waals surface area contributed by atoms with Crippen molar-refractivity contribution < 1.29 is 4.79 Å².